The molecule has 1 aliphatic rings. The molecule has 41 heavy (non-hydrogen) atoms. The van der Waals surface area contributed by atoms with E-state index < -0.39 is 17.6 Å². The van der Waals surface area contributed by atoms with Gasteiger partial charge in [0.05, 0.1) is 0 Å². The molecule has 1 heterocycles. The zero-order valence-electron chi connectivity index (χ0n) is 23.2. The van der Waals surface area contributed by atoms with E-state index >= 15 is 0 Å². The minimum atomic E-state index is -0.604. The summed E-state index contributed by atoms with van der Waals surface area (Å²) in [5.41, 5.74) is 2.00. The Hall–Kier alpha value is -4.50. The molecule has 214 valence electrons. The average Bonchev–Trinajstić information content (AvgIpc) is 2.94. The number of phenols is 1. The van der Waals surface area contributed by atoms with Gasteiger partial charge in [-0.2, -0.15) is 0 Å². The van der Waals surface area contributed by atoms with Crippen LogP contribution in [0.1, 0.15) is 20.8 Å². The molecular formula is C31H33ClN4O5. The number of carbonyl (C=O) groups is 2. The number of phenolic OH excluding ortho intramolecular Hbond substituents is 1. The molecule has 3 N–H and O–H groups in total. The van der Waals surface area contributed by atoms with E-state index in [2.05, 4.69) is 5.32 Å². The summed E-state index contributed by atoms with van der Waals surface area (Å²) in [6.45, 7) is 6.93. The topological polar surface area (TPSA) is 115 Å². The lowest BCUT2D eigenvalue weighted by Gasteiger charge is -2.37. The van der Waals surface area contributed by atoms with Gasteiger partial charge in [-0.3, -0.25) is 4.79 Å². The number of anilines is 1. The molecule has 1 saturated heterocycles. The van der Waals surface area contributed by atoms with E-state index in [0.717, 1.165) is 17.3 Å². The molecule has 2 amide bonds. The molecule has 4 rings (SSSR count). The molecule has 0 atom stereocenters. The molecule has 3 aromatic rings. The second-order valence-corrected chi connectivity index (χ2v) is 10.9. The number of hydrogen-bond donors (Lipinski definition) is 3. The maximum Gasteiger partial charge on any atom is 0.410 e. The summed E-state index contributed by atoms with van der Waals surface area (Å²) in [6, 6.07) is 20.7. The molecule has 0 saturated carbocycles. The molecule has 3 aromatic carbocycles. The number of nitrogens with one attached hydrogen (secondary N) is 2. The van der Waals surface area contributed by atoms with Crippen LogP contribution in [0.5, 0.6) is 11.5 Å². The van der Waals surface area contributed by atoms with Gasteiger partial charge in [0, 0.05) is 43.1 Å². The Morgan fingerprint density at radius 1 is 0.878 bits per heavy atom. The SMILES string of the molecule is CC(C)(C)OC(=O)N1CCN(/C(C=N)=C(\Oc2ccc(-c3ccc(O)cc3)cc2)C(=O)Nc2ccc(Cl)cc2)CC1. The first-order chi connectivity index (χ1) is 19.5. The van der Waals surface area contributed by atoms with Crippen molar-refractivity contribution in [1.82, 2.24) is 9.80 Å². The monoisotopic (exact) mass is 576 g/mol. The Balaban J connectivity index is 1.58. The zero-order chi connectivity index (χ0) is 29.6. The summed E-state index contributed by atoms with van der Waals surface area (Å²) < 4.78 is 11.6. The second-order valence-electron chi connectivity index (χ2n) is 10.4. The Kier molecular flexibility index (Phi) is 9.19. The van der Waals surface area contributed by atoms with E-state index in [1.54, 1.807) is 65.6 Å². The number of hydrogen-bond acceptors (Lipinski definition) is 7. The van der Waals surface area contributed by atoms with E-state index in [9.17, 15) is 14.7 Å². The third-order valence-corrected chi connectivity index (χ3v) is 6.48. The van der Waals surface area contributed by atoms with Gasteiger partial charge >= 0.3 is 6.09 Å². The minimum absolute atomic E-state index is 0.0574. The highest BCUT2D eigenvalue weighted by Gasteiger charge is 2.29. The molecule has 0 radical (unpaired) electrons. The van der Waals surface area contributed by atoms with Crippen LogP contribution in [0.4, 0.5) is 10.5 Å². The molecule has 0 unspecified atom stereocenters. The summed E-state index contributed by atoms with van der Waals surface area (Å²) in [7, 11) is 0. The minimum Gasteiger partial charge on any atom is -0.508 e. The summed E-state index contributed by atoms with van der Waals surface area (Å²) in [4.78, 5) is 29.5. The van der Waals surface area contributed by atoms with Crippen LogP contribution in [-0.2, 0) is 9.53 Å². The van der Waals surface area contributed by atoms with Crippen LogP contribution in [0, 0.1) is 5.41 Å². The van der Waals surface area contributed by atoms with Crippen LogP contribution in [0.15, 0.2) is 84.3 Å². The van der Waals surface area contributed by atoms with Gasteiger partial charge in [0.1, 0.15) is 22.8 Å². The quantitative estimate of drug-likeness (QED) is 0.177. The summed E-state index contributed by atoms with van der Waals surface area (Å²) in [5, 5.41) is 21.1. The van der Waals surface area contributed by atoms with E-state index in [-0.39, 0.29) is 17.2 Å². The van der Waals surface area contributed by atoms with Crippen LogP contribution in [0.25, 0.3) is 11.1 Å². The van der Waals surface area contributed by atoms with Crippen LogP contribution in [0.2, 0.25) is 5.02 Å². The number of ether oxygens (including phenoxy) is 2. The van der Waals surface area contributed by atoms with Crippen LogP contribution < -0.4 is 10.1 Å². The third-order valence-electron chi connectivity index (χ3n) is 6.22. The van der Waals surface area contributed by atoms with E-state index in [0.29, 0.717) is 42.6 Å². The fraction of sp³-hybridized carbons (Fsp3) is 0.258. The van der Waals surface area contributed by atoms with Gasteiger partial charge < -0.3 is 35.1 Å². The van der Waals surface area contributed by atoms with Crippen molar-refractivity contribution in [2.45, 2.75) is 26.4 Å². The van der Waals surface area contributed by atoms with Crippen molar-refractivity contribution in [3.8, 4) is 22.6 Å². The molecule has 10 heteroatoms. The van der Waals surface area contributed by atoms with Crippen LogP contribution in [-0.4, -0.2) is 64.9 Å². The zero-order valence-corrected chi connectivity index (χ0v) is 23.9. The Morgan fingerprint density at radius 3 is 1.95 bits per heavy atom. The van der Waals surface area contributed by atoms with E-state index in [1.807, 2.05) is 37.8 Å². The molecule has 1 aliphatic heterocycles. The number of benzene rings is 3. The maximum absolute atomic E-state index is 13.5. The van der Waals surface area contributed by atoms with Gasteiger partial charge in [-0.25, -0.2) is 4.79 Å². The predicted octanol–water partition coefficient (Wildman–Crippen LogP) is 6.14. The van der Waals surface area contributed by atoms with Crippen molar-refractivity contribution in [1.29, 1.82) is 5.41 Å². The number of carbonyl (C=O) groups excluding carboxylic acids is 2. The van der Waals surface area contributed by atoms with Gasteiger partial charge in [-0.05, 0) is 80.4 Å². The fourth-order valence-corrected chi connectivity index (χ4v) is 4.31. The van der Waals surface area contributed by atoms with Crippen molar-refractivity contribution >= 4 is 35.5 Å². The van der Waals surface area contributed by atoms with Crippen LogP contribution >= 0.6 is 11.6 Å². The summed E-state index contributed by atoms with van der Waals surface area (Å²) in [5.74, 6) is -0.0112. The average molecular weight is 577 g/mol. The van der Waals surface area contributed by atoms with Gasteiger partial charge in [-0.1, -0.05) is 35.9 Å². The number of amides is 2. The Morgan fingerprint density at radius 2 is 1.41 bits per heavy atom. The number of piperazine rings is 1. The Bertz CT molecular complexity index is 1410. The van der Waals surface area contributed by atoms with E-state index in [4.69, 9.17) is 26.5 Å². The lowest BCUT2D eigenvalue weighted by atomic mass is 10.1. The highest BCUT2D eigenvalue weighted by atomic mass is 35.5. The number of allylic oxidation sites excluding steroid dienone is 1. The van der Waals surface area contributed by atoms with Crippen LogP contribution in [0.3, 0.4) is 0 Å². The molecule has 0 spiro atoms. The molecule has 0 aliphatic carbocycles. The normalized spacial score (nSPS) is 14.1. The summed E-state index contributed by atoms with van der Waals surface area (Å²) in [6.07, 6.45) is 0.688. The van der Waals surface area contributed by atoms with Crippen molar-refractivity contribution in [2.24, 2.45) is 0 Å². The maximum atomic E-state index is 13.5. The lowest BCUT2D eigenvalue weighted by Crippen LogP contribution is -2.50. The largest absolute Gasteiger partial charge is 0.508 e. The molecule has 1 fully saturated rings. The molecular weight excluding hydrogens is 544 g/mol. The summed E-state index contributed by atoms with van der Waals surface area (Å²) >= 11 is 5.99. The van der Waals surface area contributed by atoms with Crippen molar-refractivity contribution in [3.63, 3.8) is 0 Å². The van der Waals surface area contributed by atoms with Gasteiger partial charge in [0.25, 0.3) is 5.91 Å². The lowest BCUT2D eigenvalue weighted by molar-refractivity contribution is -0.115. The smallest absolute Gasteiger partial charge is 0.410 e. The number of nitrogens with zero attached hydrogens (tertiary/aromatic N) is 2. The first-order valence-corrected chi connectivity index (χ1v) is 13.5. The van der Waals surface area contributed by atoms with Crippen molar-refractivity contribution < 1.29 is 24.2 Å². The highest BCUT2D eigenvalue weighted by Crippen LogP contribution is 2.27. The van der Waals surface area contributed by atoms with Gasteiger partial charge in [0.15, 0.2) is 0 Å². The first kappa shape index (κ1) is 29.5. The Labute approximate surface area is 244 Å². The number of halogens is 1. The highest BCUT2D eigenvalue weighted by molar-refractivity contribution is 6.30. The van der Waals surface area contributed by atoms with Crippen molar-refractivity contribution in [3.05, 3.63) is 89.3 Å². The molecule has 9 nitrogen and oxygen atoms in total. The standard InChI is InChI=1S/C31H33ClN4O5/c1-31(2,3)41-30(39)36-18-16-35(17-19-36)27(20-33)28(29(38)34-24-10-8-23(32)9-11-24)40-26-14-6-22(7-15-26)21-4-12-25(37)13-5-21/h4-15,20,33,37H,16-19H2,1-3H3,(H,34,38)/b28-27-,33-20?. The van der Waals surface area contributed by atoms with Gasteiger partial charge in [-0.15, -0.1) is 0 Å². The number of rotatable bonds is 7. The van der Waals surface area contributed by atoms with E-state index in [1.165, 1.54) is 0 Å². The fourth-order valence-electron chi connectivity index (χ4n) is 4.18. The molecule has 0 bridgehead atoms. The second kappa shape index (κ2) is 12.8. The predicted molar refractivity (Wildman–Crippen MR) is 159 cm³/mol. The first-order valence-electron chi connectivity index (χ1n) is 13.1. The molecule has 0 aromatic heterocycles. The van der Waals surface area contributed by atoms with Crippen molar-refractivity contribution in [2.75, 3.05) is 31.5 Å². The van der Waals surface area contributed by atoms with Gasteiger partial charge in [0.2, 0.25) is 5.76 Å². The third kappa shape index (κ3) is 8.02. The number of aromatic hydroxyl groups is 1.